The standard InChI is InChI=1S/C13H16ClFN6O4S/c1-17-26(22,23)21(2)5-6-24-13-11(19-25-20-13)12(16)18-8-3-4-10(15)9(14)7-8/h3-4,7,17H,5-6H2,1-2H3,(H2,16,18). The summed E-state index contributed by atoms with van der Waals surface area (Å²) in [5.74, 6) is -0.900. The topological polar surface area (TPSA) is 133 Å². The molecule has 0 aliphatic rings. The first kappa shape index (κ1) is 20.0. The molecule has 0 saturated heterocycles. The van der Waals surface area contributed by atoms with Crippen molar-refractivity contribution in [2.45, 2.75) is 0 Å². The van der Waals surface area contributed by atoms with E-state index in [9.17, 15) is 12.8 Å². The predicted octanol–water partition coefficient (Wildman–Crippen LogP) is 1.07. The molecule has 13 heteroatoms. The fourth-order valence-corrected chi connectivity index (χ4v) is 2.56. The first-order chi connectivity index (χ1) is 12.2. The molecule has 0 amide bonds. The van der Waals surface area contributed by atoms with Crippen LogP contribution in [0.3, 0.4) is 0 Å². The van der Waals surface area contributed by atoms with Gasteiger partial charge in [0.1, 0.15) is 12.4 Å². The molecule has 1 aromatic heterocycles. The van der Waals surface area contributed by atoms with Gasteiger partial charge in [0.25, 0.3) is 16.1 Å². The number of halogens is 2. The lowest BCUT2D eigenvalue weighted by molar-refractivity contribution is 0.243. The van der Waals surface area contributed by atoms with Gasteiger partial charge in [0.15, 0.2) is 5.84 Å². The second kappa shape index (κ2) is 8.40. The van der Waals surface area contributed by atoms with Crippen LogP contribution in [0.2, 0.25) is 5.02 Å². The maximum absolute atomic E-state index is 13.2. The number of hydrogen-bond donors (Lipinski definition) is 3. The zero-order valence-corrected chi connectivity index (χ0v) is 15.4. The molecule has 0 aliphatic heterocycles. The minimum absolute atomic E-state index is 0.0316. The van der Waals surface area contributed by atoms with Gasteiger partial charge in [-0.2, -0.15) is 12.7 Å². The van der Waals surface area contributed by atoms with Crippen molar-refractivity contribution in [1.82, 2.24) is 19.3 Å². The van der Waals surface area contributed by atoms with E-state index in [1.165, 1.54) is 26.2 Å². The highest BCUT2D eigenvalue weighted by atomic mass is 35.5. The van der Waals surface area contributed by atoms with Gasteiger partial charge in [-0.05, 0) is 28.5 Å². The van der Waals surface area contributed by atoms with Crippen molar-refractivity contribution >= 4 is 33.3 Å². The smallest absolute Gasteiger partial charge is 0.287 e. The Morgan fingerprint density at radius 3 is 2.85 bits per heavy atom. The van der Waals surface area contributed by atoms with E-state index in [1.807, 2.05) is 0 Å². The van der Waals surface area contributed by atoms with Gasteiger partial charge in [0, 0.05) is 26.3 Å². The van der Waals surface area contributed by atoms with Crippen LogP contribution in [0.15, 0.2) is 22.8 Å². The Hall–Kier alpha value is -2.28. The Morgan fingerprint density at radius 1 is 1.46 bits per heavy atom. The van der Waals surface area contributed by atoms with Gasteiger partial charge in [-0.25, -0.2) is 13.7 Å². The quantitative estimate of drug-likeness (QED) is 0.441. The van der Waals surface area contributed by atoms with Crippen molar-refractivity contribution < 1.29 is 22.2 Å². The second-order valence-corrected chi connectivity index (χ2v) is 7.31. The molecule has 1 aromatic carbocycles. The number of rotatable bonds is 8. The molecule has 0 atom stereocenters. The molecular formula is C13H16ClFN6O4S. The van der Waals surface area contributed by atoms with Gasteiger partial charge in [0.2, 0.25) is 5.69 Å². The van der Waals surface area contributed by atoms with Crippen molar-refractivity contribution in [1.29, 1.82) is 5.41 Å². The molecular weight excluding hydrogens is 391 g/mol. The number of amidine groups is 1. The third kappa shape index (κ3) is 4.88. The molecule has 10 nitrogen and oxygen atoms in total. The number of anilines is 1. The van der Waals surface area contributed by atoms with Crippen LogP contribution in [-0.2, 0) is 10.2 Å². The predicted molar refractivity (Wildman–Crippen MR) is 92.3 cm³/mol. The molecule has 1 heterocycles. The highest BCUT2D eigenvalue weighted by Crippen LogP contribution is 2.21. The summed E-state index contributed by atoms with van der Waals surface area (Å²) in [6.45, 7) is -0.0158. The number of hydrogen-bond acceptors (Lipinski definition) is 7. The third-order valence-corrected chi connectivity index (χ3v) is 5.01. The third-order valence-electron chi connectivity index (χ3n) is 3.20. The minimum Gasteiger partial charge on any atom is -0.472 e. The monoisotopic (exact) mass is 406 g/mol. The van der Waals surface area contributed by atoms with Crippen LogP contribution < -0.4 is 14.8 Å². The average Bonchev–Trinajstić information content (AvgIpc) is 3.06. The number of ether oxygens (including phenoxy) is 1. The van der Waals surface area contributed by atoms with Crippen LogP contribution >= 0.6 is 11.6 Å². The van der Waals surface area contributed by atoms with E-state index in [0.717, 1.165) is 10.4 Å². The molecule has 26 heavy (non-hydrogen) atoms. The summed E-state index contributed by atoms with van der Waals surface area (Å²) in [5.41, 5.74) is 0.319. The highest BCUT2D eigenvalue weighted by Gasteiger charge is 2.19. The lowest BCUT2D eigenvalue weighted by atomic mass is 10.3. The average molecular weight is 407 g/mol. The van der Waals surface area contributed by atoms with E-state index < -0.39 is 16.0 Å². The number of nitrogens with zero attached hydrogens (tertiary/aromatic N) is 3. The molecule has 0 aliphatic carbocycles. The number of nitrogens with one attached hydrogen (secondary N) is 3. The van der Waals surface area contributed by atoms with Crippen molar-refractivity contribution in [3.05, 3.63) is 34.7 Å². The highest BCUT2D eigenvalue weighted by molar-refractivity contribution is 7.87. The van der Waals surface area contributed by atoms with Crippen LogP contribution in [0.4, 0.5) is 10.1 Å². The molecule has 0 radical (unpaired) electrons. The van der Waals surface area contributed by atoms with Crippen LogP contribution in [-0.4, -0.2) is 56.1 Å². The van der Waals surface area contributed by atoms with E-state index in [0.29, 0.717) is 5.69 Å². The van der Waals surface area contributed by atoms with E-state index in [-0.39, 0.29) is 35.6 Å². The molecule has 2 aromatic rings. The van der Waals surface area contributed by atoms with Crippen LogP contribution in [0.5, 0.6) is 5.88 Å². The molecule has 3 N–H and O–H groups in total. The first-order valence-electron chi connectivity index (χ1n) is 7.15. The normalized spacial score (nSPS) is 11.6. The molecule has 0 bridgehead atoms. The van der Waals surface area contributed by atoms with Crippen LogP contribution in [0.25, 0.3) is 0 Å². The summed E-state index contributed by atoms with van der Waals surface area (Å²) < 4.78 is 49.4. The second-order valence-electron chi connectivity index (χ2n) is 4.93. The van der Waals surface area contributed by atoms with Crippen molar-refractivity contribution in [2.24, 2.45) is 0 Å². The van der Waals surface area contributed by atoms with Crippen LogP contribution in [0.1, 0.15) is 5.69 Å². The Labute approximate surface area is 153 Å². The summed E-state index contributed by atoms with van der Waals surface area (Å²) in [6, 6.07) is 3.84. The Kier molecular flexibility index (Phi) is 6.47. The fraction of sp³-hybridized carbons (Fsp3) is 0.308. The van der Waals surface area contributed by atoms with Gasteiger partial charge in [-0.3, -0.25) is 5.41 Å². The Morgan fingerprint density at radius 2 is 2.19 bits per heavy atom. The van der Waals surface area contributed by atoms with E-state index in [2.05, 4.69) is 25.0 Å². The molecule has 0 fully saturated rings. The van der Waals surface area contributed by atoms with Crippen molar-refractivity contribution in [2.75, 3.05) is 32.6 Å². The molecule has 142 valence electrons. The molecule has 0 spiro atoms. The summed E-state index contributed by atoms with van der Waals surface area (Å²) in [5, 5.41) is 17.6. The first-order valence-corrected chi connectivity index (χ1v) is 8.97. The van der Waals surface area contributed by atoms with Gasteiger partial charge in [0.05, 0.1) is 5.02 Å². The summed E-state index contributed by atoms with van der Waals surface area (Å²) in [4.78, 5) is 0. The fourth-order valence-electron chi connectivity index (χ4n) is 1.75. The summed E-state index contributed by atoms with van der Waals surface area (Å²) in [6.07, 6.45) is 0. The largest absolute Gasteiger partial charge is 0.472 e. The SMILES string of the molecule is CNS(=O)(=O)N(C)CCOc1nonc1C(=N)Nc1ccc(F)c(Cl)c1. The Bertz CT molecular complexity index is 891. The zero-order valence-electron chi connectivity index (χ0n) is 13.8. The van der Waals surface area contributed by atoms with Gasteiger partial charge in [-0.1, -0.05) is 11.6 Å². The lowest BCUT2D eigenvalue weighted by Gasteiger charge is -2.15. The van der Waals surface area contributed by atoms with Crippen molar-refractivity contribution in [3.63, 3.8) is 0 Å². The van der Waals surface area contributed by atoms with Gasteiger partial charge >= 0.3 is 0 Å². The number of benzene rings is 1. The minimum atomic E-state index is -3.57. The van der Waals surface area contributed by atoms with E-state index >= 15 is 0 Å². The zero-order chi connectivity index (χ0) is 19.3. The van der Waals surface area contributed by atoms with Gasteiger partial charge < -0.3 is 10.1 Å². The Balaban J connectivity index is 1.98. The number of aromatic nitrogens is 2. The molecule has 0 unspecified atom stereocenters. The van der Waals surface area contributed by atoms with E-state index in [4.69, 9.17) is 21.7 Å². The van der Waals surface area contributed by atoms with Crippen LogP contribution in [0, 0.1) is 11.2 Å². The van der Waals surface area contributed by atoms with Gasteiger partial charge in [-0.15, -0.1) is 0 Å². The van der Waals surface area contributed by atoms with E-state index in [1.54, 1.807) is 0 Å². The lowest BCUT2D eigenvalue weighted by Crippen LogP contribution is -2.38. The summed E-state index contributed by atoms with van der Waals surface area (Å²) >= 11 is 5.68. The maximum atomic E-state index is 13.2. The number of likely N-dealkylation sites (N-methyl/N-ethyl adjacent to an activating group) is 1. The maximum Gasteiger partial charge on any atom is 0.287 e. The van der Waals surface area contributed by atoms with Crippen molar-refractivity contribution in [3.8, 4) is 5.88 Å². The molecule has 0 saturated carbocycles. The molecule has 2 rings (SSSR count). The summed E-state index contributed by atoms with van der Waals surface area (Å²) in [7, 11) is -0.901.